The van der Waals surface area contributed by atoms with Gasteiger partial charge in [0.05, 0.1) is 23.7 Å². The van der Waals surface area contributed by atoms with Crippen molar-refractivity contribution in [3.8, 4) is 0 Å². The van der Waals surface area contributed by atoms with Gasteiger partial charge < -0.3 is 10.0 Å². The number of nitrogens with zero attached hydrogens (tertiary/aromatic N) is 2. The molecule has 1 unspecified atom stereocenters. The number of pyridine rings is 1. The lowest BCUT2D eigenvalue weighted by atomic mass is 10.2. The zero-order chi connectivity index (χ0) is 11.4. The Morgan fingerprint density at radius 1 is 1.40 bits per heavy atom. The molecule has 3 nitrogen and oxygen atoms in total. The molecule has 0 bridgehead atoms. The molecule has 0 aliphatic heterocycles. The molecule has 0 aliphatic carbocycles. The molecule has 3 heteroatoms. The lowest BCUT2D eigenvalue weighted by Gasteiger charge is -2.25. The molecule has 15 heavy (non-hydrogen) atoms. The van der Waals surface area contributed by atoms with E-state index < -0.39 is 6.10 Å². The second-order valence-electron chi connectivity index (χ2n) is 3.99. The fourth-order valence-corrected chi connectivity index (χ4v) is 1.38. The molecule has 84 valence electrons. The Labute approximate surface area is 91.8 Å². The molecule has 1 N–H and O–H groups in total. The molecule has 0 saturated heterocycles. The minimum absolute atomic E-state index is 0.493. The van der Waals surface area contributed by atoms with Crippen molar-refractivity contribution in [2.75, 3.05) is 11.9 Å². The van der Waals surface area contributed by atoms with Crippen molar-refractivity contribution in [3.63, 3.8) is 0 Å². The van der Waals surface area contributed by atoms with Crippen molar-refractivity contribution < 1.29 is 5.11 Å². The Bertz CT molecular complexity index is 295. The molecular weight excluding hydrogens is 188 g/mol. The molecule has 0 aliphatic rings. The highest BCUT2D eigenvalue weighted by Crippen LogP contribution is 2.17. The predicted octanol–water partition coefficient (Wildman–Crippen LogP) is 2.37. The Morgan fingerprint density at radius 2 is 2.07 bits per heavy atom. The summed E-state index contributed by atoms with van der Waals surface area (Å²) in [7, 11) is 2.06. The van der Waals surface area contributed by atoms with Gasteiger partial charge in [0.2, 0.25) is 0 Å². The van der Waals surface area contributed by atoms with Crippen LogP contribution in [0.2, 0.25) is 0 Å². The largest absolute Gasteiger partial charge is 0.387 e. The standard InChI is InChI=1S/C12H20N2O/c1-5-9(2)14(4)11-6-7-12(10(3)15)13-8-11/h6-10,15H,5H2,1-4H3/t9?,10-/m0/s1. The topological polar surface area (TPSA) is 36.4 Å². The van der Waals surface area contributed by atoms with Crippen LogP contribution >= 0.6 is 0 Å². The minimum atomic E-state index is -0.493. The van der Waals surface area contributed by atoms with E-state index in [0.29, 0.717) is 6.04 Å². The smallest absolute Gasteiger partial charge is 0.0931 e. The van der Waals surface area contributed by atoms with Crippen LogP contribution in [0.25, 0.3) is 0 Å². The highest BCUT2D eigenvalue weighted by Gasteiger charge is 2.09. The molecule has 0 amide bonds. The summed E-state index contributed by atoms with van der Waals surface area (Å²) < 4.78 is 0. The van der Waals surface area contributed by atoms with Crippen LogP contribution in [-0.4, -0.2) is 23.2 Å². The van der Waals surface area contributed by atoms with Gasteiger partial charge in [-0.1, -0.05) is 6.92 Å². The fourth-order valence-electron chi connectivity index (χ4n) is 1.38. The number of hydrogen-bond donors (Lipinski definition) is 1. The maximum atomic E-state index is 9.33. The Balaban J connectivity index is 2.79. The third-order valence-electron chi connectivity index (χ3n) is 2.86. The van der Waals surface area contributed by atoms with E-state index in [0.717, 1.165) is 17.8 Å². The number of rotatable bonds is 4. The second-order valence-corrected chi connectivity index (χ2v) is 3.99. The molecule has 0 aromatic carbocycles. The molecule has 0 spiro atoms. The number of aliphatic hydroxyl groups is 1. The van der Waals surface area contributed by atoms with Gasteiger partial charge in [-0.15, -0.1) is 0 Å². The van der Waals surface area contributed by atoms with Gasteiger partial charge in [-0.3, -0.25) is 4.98 Å². The van der Waals surface area contributed by atoms with E-state index in [1.807, 2.05) is 18.3 Å². The maximum absolute atomic E-state index is 9.33. The van der Waals surface area contributed by atoms with E-state index in [9.17, 15) is 5.11 Å². The van der Waals surface area contributed by atoms with E-state index in [1.54, 1.807) is 6.92 Å². The van der Waals surface area contributed by atoms with Crippen molar-refractivity contribution in [2.45, 2.75) is 39.3 Å². The summed E-state index contributed by atoms with van der Waals surface area (Å²) in [5.41, 5.74) is 1.81. The molecule has 1 aromatic rings. The summed E-state index contributed by atoms with van der Waals surface area (Å²) in [5.74, 6) is 0. The maximum Gasteiger partial charge on any atom is 0.0931 e. The molecule has 0 fully saturated rings. The summed E-state index contributed by atoms with van der Waals surface area (Å²) >= 11 is 0. The second kappa shape index (κ2) is 5.12. The first-order valence-electron chi connectivity index (χ1n) is 5.43. The van der Waals surface area contributed by atoms with Crippen molar-refractivity contribution in [1.82, 2.24) is 4.98 Å². The van der Waals surface area contributed by atoms with Gasteiger partial charge in [-0.05, 0) is 32.4 Å². The number of aromatic nitrogens is 1. The SMILES string of the molecule is CCC(C)N(C)c1ccc([C@H](C)O)nc1. The van der Waals surface area contributed by atoms with E-state index in [1.165, 1.54) is 0 Å². The lowest BCUT2D eigenvalue weighted by molar-refractivity contribution is 0.194. The van der Waals surface area contributed by atoms with E-state index in [-0.39, 0.29) is 0 Å². The summed E-state index contributed by atoms with van der Waals surface area (Å²) in [4.78, 5) is 6.42. The van der Waals surface area contributed by atoms with E-state index >= 15 is 0 Å². The van der Waals surface area contributed by atoms with Crippen LogP contribution in [0.1, 0.15) is 39.0 Å². The normalized spacial score (nSPS) is 14.7. The highest BCUT2D eigenvalue weighted by molar-refractivity contribution is 5.44. The van der Waals surface area contributed by atoms with Gasteiger partial charge >= 0.3 is 0 Å². The first-order valence-corrected chi connectivity index (χ1v) is 5.43. The Hall–Kier alpha value is -1.09. The quantitative estimate of drug-likeness (QED) is 0.825. The average molecular weight is 208 g/mol. The zero-order valence-electron chi connectivity index (χ0n) is 9.94. The molecule has 1 aromatic heterocycles. The fraction of sp³-hybridized carbons (Fsp3) is 0.583. The highest BCUT2D eigenvalue weighted by atomic mass is 16.3. The first-order chi connectivity index (χ1) is 7.06. The average Bonchev–Trinajstić information content (AvgIpc) is 2.27. The van der Waals surface area contributed by atoms with Crippen molar-refractivity contribution in [2.24, 2.45) is 0 Å². The molecule has 1 rings (SSSR count). The molecule has 0 saturated carbocycles. The predicted molar refractivity (Wildman–Crippen MR) is 63.0 cm³/mol. The monoisotopic (exact) mass is 208 g/mol. The van der Waals surface area contributed by atoms with Crippen LogP contribution < -0.4 is 4.90 Å². The van der Waals surface area contributed by atoms with Gasteiger partial charge in [0.1, 0.15) is 0 Å². The van der Waals surface area contributed by atoms with Gasteiger partial charge in [-0.25, -0.2) is 0 Å². The van der Waals surface area contributed by atoms with Crippen molar-refractivity contribution in [1.29, 1.82) is 0 Å². The van der Waals surface area contributed by atoms with E-state index in [2.05, 4.69) is 30.8 Å². The van der Waals surface area contributed by atoms with Crippen molar-refractivity contribution >= 4 is 5.69 Å². The van der Waals surface area contributed by atoms with Crippen LogP contribution in [0.3, 0.4) is 0 Å². The van der Waals surface area contributed by atoms with Crippen LogP contribution in [0.5, 0.6) is 0 Å². The van der Waals surface area contributed by atoms with Gasteiger partial charge in [0, 0.05) is 13.1 Å². The lowest BCUT2D eigenvalue weighted by Crippen LogP contribution is -2.28. The zero-order valence-corrected chi connectivity index (χ0v) is 9.94. The third-order valence-corrected chi connectivity index (χ3v) is 2.86. The van der Waals surface area contributed by atoms with Gasteiger partial charge in [0.25, 0.3) is 0 Å². The molecule has 1 heterocycles. The van der Waals surface area contributed by atoms with Crippen LogP contribution in [0.15, 0.2) is 18.3 Å². The summed E-state index contributed by atoms with van der Waals surface area (Å²) in [6, 6.07) is 4.38. The minimum Gasteiger partial charge on any atom is -0.387 e. The molecular formula is C12H20N2O. The Kier molecular flexibility index (Phi) is 4.09. The van der Waals surface area contributed by atoms with E-state index in [4.69, 9.17) is 0 Å². The summed E-state index contributed by atoms with van der Waals surface area (Å²) in [6.07, 6.45) is 2.43. The number of aliphatic hydroxyl groups excluding tert-OH is 1. The number of anilines is 1. The van der Waals surface area contributed by atoms with Gasteiger partial charge in [0.15, 0.2) is 0 Å². The van der Waals surface area contributed by atoms with Crippen molar-refractivity contribution in [3.05, 3.63) is 24.0 Å². The summed E-state index contributed by atoms with van der Waals surface area (Å²) in [5, 5.41) is 9.33. The molecule has 0 radical (unpaired) electrons. The molecule has 2 atom stereocenters. The first kappa shape index (κ1) is 12.0. The summed E-state index contributed by atoms with van der Waals surface area (Å²) in [6.45, 7) is 6.07. The third kappa shape index (κ3) is 2.93. The Morgan fingerprint density at radius 3 is 2.47 bits per heavy atom. The van der Waals surface area contributed by atoms with Crippen LogP contribution in [0.4, 0.5) is 5.69 Å². The van der Waals surface area contributed by atoms with Crippen LogP contribution in [0, 0.1) is 0 Å². The number of hydrogen-bond acceptors (Lipinski definition) is 3. The van der Waals surface area contributed by atoms with Crippen LogP contribution in [-0.2, 0) is 0 Å². The van der Waals surface area contributed by atoms with Gasteiger partial charge in [-0.2, -0.15) is 0 Å².